The third kappa shape index (κ3) is 6.75. The van der Waals surface area contributed by atoms with Crippen molar-refractivity contribution >= 4 is 41.7 Å². The van der Waals surface area contributed by atoms with Gasteiger partial charge in [-0.05, 0) is 43.3 Å². The van der Waals surface area contributed by atoms with Crippen molar-refractivity contribution in [3.8, 4) is 5.75 Å². The Balaban J connectivity index is 0.00000320. The molecule has 0 bridgehead atoms. The Morgan fingerprint density at radius 2 is 1.83 bits per heavy atom. The molecule has 3 N–H and O–H groups in total. The number of nitrogens with one attached hydrogen (secondary N) is 2. The highest BCUT2D eigenvalue weighted by molar-refractivity contribution is 14.0. The monoisotopic (exact) mass is 524 g/mol. The van der Waals surface area contributed by atoms with Gasteiger partial charge in [0.15, 0.2) is 5.96 Å². The zero-order valence-corrected chi connectivity index (χ0v) is 19.5. The lowest BCUT2D eigenvalue weighted by Crippen LogP contribution is -2.52. The van der Waals surface area contributed by atoms with E-state index in [2.05, 4.69) is 30.4 Å². The molecule has 162 valence electrons. The zero-order valence-electron chi connectivity index (χ0n) is 17.1. The van der Waals surface area contributed by atoms with Gasteiger partial charge in [-0.2, -0.15) is 0 Å². The molecule has 1 aromatic heterocycles. The normalized spacial score (nSPS) is 14.1. The van der Waals surface area contributed by atoms with Crippen LogP contribution in [0.4, 0.5) is 5.82 Å². The van der Waals surface area contributed by atoms with Gasteiger partial charge in [-0.1, -0.05) is 6.07 Å². The largest absolute Gasteiger partial charge is 0.508 e. The molecule has 9 heteroatoms. The fourth-order valence-corrected chi connectivity index (χ4v) is 3.16. The lowest BCUT2D eigenvalue weighted by atomic mass is 10.2. The van der Waals surface area contributed by atoms with Gasteiger partial charge in [0.1, 0.15) is 11.6 Å². The van der Waals surface area contributed by atoms with Crippen LogP contribution in [0, 0.1) is 0 Å². The first-order valence-electron chi connectivity index (χ1n) is 9.94. The number of pyridine rings is 1. The number of aromatic nitrogens is 1. The van der Waals surface area contributed by atoms with Crippen LogP contribution >= 0.6 is 24.0 Å². The molecular weight excluding hydrogens is 495 g/mol. The number of rotatable bonds is 6. The van der Waals surface area contributed by atoms with E-state index in [1.807, 2.05) is 31.3 Å². The van der Waals surface area contributed by atoms with Crippen LogP contribution in [-0.4, -0.2) is 72.7 Å². The first-order chi connectivity index (χ1) is 14.2. The summed E-state index contributed by atoms with van der Waals surface area (Å²) in [6, 6.07) is 12.2. The topological polar surface area (TPSA) is 93.1 Å². The van der Waals surface area contributed by atoms with Crippen LogP contribution in [0.1, 0.15) is 17.3 Å². The van der Waals surface area contributed by atoms with Gasteiger partial charge in [0.2, 0.25) is 0 Å². The van der Waals surface area contributed by atoms with Crippen LogP contribution in [0.5, 0.6) is 5.75 Å². The molecule has 8 nitrogen and oxygen atoms in total. The highest BCUT2D eigenvalue weighted by Crippen LogP contribution is 2.12. The van der Waals surface area contributed by atoms with E-state index >= 15 is 0 Å². The summed E-state index contributed by atoms with van der Waals surface area (Å²) in [5.74, 6) is 1.84. The third-order valence-corrected chi connectivity index (χ3v) is 4.68. The summed E-state index contributed by atoms with van der Waals surface area (Å²) in [5, 5.41) is 15.5. The minimum atomic E-state index is -0.172. The molecule has 0 radical (unpaired) electrons. The van der Waals surface area contributed by atoms with Gasteiger partial charge in [-0.3, -0.25) is 9.79 Å². The van der Waals surface area contributed by atoms with Crippen molar-refractivity contribution in [3.05, 3.63) is 54.2 Å². The van der Waals surface area contributed by atoms with Gasteiger partial charge in [0.05, 0.1) is 6.54 Å². The number of aliphatic imine (C=N–C) groups is 1. The Bertz CT molecular complexity index is 808. The standard InChI is InChI=1S/C21H28N6O2.HI/c1-2-22-21(25-12-11-24-20(29)17-6-8-18(28)9-7-17)27-15-13-26(14-16-27)19-5-3-4-10-23-19;/h3-10,28H,2,11-16H2,1H3,(H,22,25)(H,24,29);1H. The quantitative estimate of drug-likeness (QED) is 0.232. The number of hydrogen-bond donors (Lipinski definition) is 3. The van der Waals surface area contributed by atoms with E-state index in [-0.39, 0.29) is 35.6 Å². The smallest absolute Gasteiger partial charge is 0.251 e. The second kappa shape index (κ2) is 12.2. The van der Waals surface area contributed by atoms with E-state index in [4.69, 9.17) is 0 Å². The highest BCUT2D eigenvalue weighted by Gasteiger charge is 2.20. The molecule has 1 aromatic carbocycles. The number of phenols is 1. The second-order valence-electron chi connectivity index (χ2n) is 6.70. The molecule has 0 saturated carbocycles. The number of amides is 1. The number of hydrogen-bond acceptors (Lipinski definition) is 5. The molecular formula is C21H29IN6O2. The van der Waals surface area contributed by atoms with Crippen molar-refractivity contribution in [2.24, 2.45) is 4.99 Å². The molecule has 1 aliphatic heterocycles. The van der Waals surface area contributed by atoms with Crippen LogP contribution in [0.2, 0.25) is 0 Å². The Labute approximate surface area is 194 Å². The van der Waals surface area contributed by atoms with E-state index in [1.165, 1.54) is 12.1 Å². The summed E-state index contributed by atoms with van der Waals surface area (Å²) in [7, 11) is 0. The summed E-state index contributed by atoms with van der Waals surface area (Å²) in [5.41, 5.74) is 0.518. The minimum absolute atomic E-state index is 0. The molecule has 0 unspecified atom stereocenters. The molecule has 1 saturated heterocycles. The summed E-state index contributed by atoms with van der Waals surface area (Å²) in [6.45, 7) is 7.28. The molecule has 0 spiro atoms. The van der Waals surface area contributed by atoms with Crippen molar-refractivity contribution in [3.63, 3.8) is 0 Å². The maximum atomic E-state index is 12.1. The van der Waals surface area contributed by atoms with Crippen LogP contribution in [0.15, 0.2) is 53.7 Å². The average molecular weight is 524 g/mol. The summed E-state index contributed by atoms with van der Waals surface area (Å²) < 4.78 is 0. The average Bonchev–Trinajstić information content (AvgIpc) is 2.77. The summed E-state index contributed by atoms with van der Waals surface area (Å²) in [4.78, 5) is 25.7. The van der Waals surface area contributed by atoms with Gasteiger partial charge in [-0.15, -0.1) is 24.0 Å². The van der Waals surface area contributed by atoms with E-state index in [1.54, 1.807) is 12.1 Å². The number of phenolic OH excluding ortho intramolecular Hbond substituents is 1. The highest BCUT2D eigenvalue weighted by atomic mass is 127. The molecule has 1 aliphatic rings. The Morgan fingerprint density at radius 3 is 2.47 bits per heavy atom. The number of aromatic hydroxyl groups is 1. The number of carbonyl (C=O) groups excluding carboxylic acids is 1. The van der Waals surface area contributed by atoms with Gasteiger partial charge >= 0.3 is 0 Å². The van der Waals surface area contributed by atoms with Crippen molar-refractivity contribution in [1.29, 1.82) is 0 Å². The molecule has 30 heavy (non-hydrogen) atoms. The third-order valence-electron chi connectivity index (χ3n) is 4.68. The fourth-order valence-electron chi connectivity index (χ4n) is 3.16. The van der Waals surface area contributed by atoms with Gasteiger partial charge in [0.25, 0.3) is 5.91 Å². The number of piperazine rings is 1. The first kappa shape index (κ1) is 23.7. The van der Waals surface area contributed by atoms with E-state index in [0.717, 1.165) is 44.5 Å². The van der Waals surface area contributed by atoms with Crippen molar-refractivity contribution in [1.82, 2.24) is 20.5 Å². The lowest BCUT2D eigenvalue weighted by molar-refractivity contribution is 0.0954. The predicted molar refractivity (Wildman–Crippen MR) is 130 cm³/mol. The Hall–Kier alpha value is -2.56. The molecule has 1 fully saturated rings. The maximum Gasteiger partial charge on any atom is 0.251 e. The number of nitrogens with zero attached hydrogens (tertiary/aromatic N) is 4. The van der Waals surface area contributed by atoms with Crippen LogP contribution in [0.25, 0.3) is 0 Å². The van der Waals surface area contributed by atoms with E-state index in [9.17, 15) is 9.90 Å². The van der Waals surface area contributed by atoms with E-state index < -0.39 is 0 Å². The minimum Gasteiger partial charge on any atom is -0.508 e. The number of halogens is 1. The van der Waals surface area contributed by atoms with Gasteiger partial charge in [0, 0.05) is 51.0 Å². The number of anilines is 1. The van der Waals surface area contributed by atoms with Crippen LogP contribution in [0.3, 0.4) is 0 Å². The van der Waals surface area contributed by atoms with E-state index in [0.29, 0.717) is 18.7 Å². The van der Waals surface area contributed by atoms with Crippen LogP contribution in [-0.2, 0) is 0 Å². The van der Waals surface area contributed by atoms with Crippen LogP contribution < -0.4 is 15.5 Å². The zero-order chi connectivity index (χ0) is 20.5. The molecule has 0 atom stereocenters. The van der Waals surface area contributed by atoms with Crippen molar-refractivity contribution < 1.29 is 9.90 Å². The molecule has 0 aliphatic carbocycles. The number of benzene rings is 1. The second-order valence-corrected chi connectivity index (χ2v) is 6.70. The molecule has 2 aromatic rings. The van der Waals surface area contributed by atoms with Gasteiger partial charge < -0.3 is 25.5 Å². The van der Waals surface area contributed by atoms with Crippen molar-refractivity contribution in [2.45, 2.75) is 6.92 Å². The Kier molecular flexibility index (Phi) is 9.65. The van der Waals surface area contributed by atoms with Crippen molar-refractivity contribution in [2.75, 3.05) is 50.7 Å². The fraction of sp³-hybridized carbons (Fsp3) is 0.381. The lowest BCUT2D eigenvalue weighted by Gasteiger charge is -2.37. The predicted octanol–water partition coefficient (Wildman–Crippen LogP) is 1.92. The molecule has 1 amide bonds. The molecule has 2 heterocycles. The maximum absolute atomic E-state index is 12.1. The first-order valence-corrected chi connectivity index (χ1v) is 9.94. The SMILES string of the molecule is CCNC(=NCCNC(=O)c1ccc(O)cc1)N1CCN(c2ccccn2)CC1.I. The number of carbonyl (C=O) groups is 1. The molecule has 3 rings (SSSR count). The summed E-state index contributed by atoms with van der Waals surface area (Å²) in [6.07, 6.45) is 1.82. The van der Waals surface area contributed by atoms with Gasteiger partial charge in [-0.25, -0.2) is 4.98 Å². The summed E-state index contributed by atoms with van der Waals surface area (Å²) >= 11 is 0. The Morgan fingerprint density at radius 1 is 1.10 bits per heavy atom. The number of guanidine groups is 1.